The number of H-pyrrole nitrogens is 1. The van der Waals surface area contributed by atoms with Gasteiger partial charge in [-0.25, -0.2) is 0 Å². The number of hydrogen-bond acceptors (Lipinski definition) is 4. The highest BCUT2D eigenvalue weighted by Crippen LogP contribution is 2.24. The summed E-state index contributed by atoms with van der Waals surface area (Å²) in [7, 11) is 0. The van der Waals surface area contributed by atoms with E-state index in [-0.39, 0.29) is 11.5 Å². The third-order valence-corrected chi connectivity index (χ3v) is 2.99. The number of aromatic hydroxyl groups is 2. The van der Waals surface area contributed by atoms with Crippen molar-refractivity contribution in [3.63, 3.8) is 0 Å². The second-order valence-corrected chi connectivity index (χ2v) is 4.34. The minimum absolute atomic E-state index is 0.0557. The van der Waals surface area contributed by atoms with Crippen LogP contribution in [0.15, 0.2) is 42.6 Å². The zero-order valence-corrected chi connectivity index (χ0v) is 10.1. The summed E-state index contributed by atoms with van der Waals surface area (Å²) in [5.74, 6) is 0.134. The van der Waals surface area contributed by atoms with E-state index in [0.717, 1.165) is 22.2 Å². The van der Waals surface area contributed by atoms with Crippen molar-refractivity contribution in [2.24, 2.45) is 0 Å². The number of hydrogen-bond donors (Lipinski definition) is 4. The number of aromatic amines is 1. The van der Waals surface area contributed by atoms with Gasteiger partial charge in [0.2, 0.25) is 0 Å². The molecule has 0 saturated heterocycles. The Morgan fingerprint density at radius 2 is 2.00 bits per heavy atom. The van der Waals surface area contributed by atoms with Gasteiger partial charge in [0.15, 0.2) is 0 Å². The van der Waals surface area contributed by atoms with E-state index in [9.17, 15) is 10.2 Å². The van der Waals surface area contributed by atoms with Gasteiger partial charge >= 0.3 is 0 Å². The molecule has 0 radical (unpaired) electrons. The van der Waals surface area contributed by atoms with E-state index >= 15 is 0 Å². The third-order valence-electron chi connectivity index (χ3n) is 2.99. The molecule has 1 heterocycles. The summed E-state index contributed by atoms with van der Waals surface area (Å²) in [6, 6.07) is 10.4. The maximum absolute atomic E-state index is 9.69. The first kappa shape index (κ1) is 11.4. The van der Waals surface area contributed by atoms with Crippen LogP contribution in [0.25, 0.3) is 10.9 Å². The summed E-state index contributed by atoms with van der Waals surface area (Å²) in [6.45, 7) is 0.478. The van der Waals surface area contributed by atoms with E-state index in [1.165, 1.54) is 6.07 Å². The van der Waals surface area contributed by atoms with E-state index in [1.54, 1.807) is 18.3 Å². The quantitative estimate of drug-likeness (QED) is 0.580. The van der Waals surface area contributed by atoms with Gasteiger partial charge in [-0.05, 0) is 30.3 Å². The van der Waals surface area contributed by atoms with Crippen LogP contribution in [0, 0.1) is 0 Å². The number of anilines is 1. The van der Waals surface area contributed by atoms with Crippen molar-refractivity contribution in [3.05, 3.63) is 48.2 Å². The van der Waals surface area contributed by atoms with Crippen molar-refractivity contribution >= 4 is 16.6 Å². The lowest BCUT2D eigenvalue weighted by Gasteiger charge is -2.08. The highest BCUT2D eigenvalue weighted by atomic mass is 16.3. The number of phenolic OH excluding ortho intramolecular Hbond substituents is 2. The molecule has 0 bridgehead atoms. The number of nitrogens with zero attached hydrogens (tertiary/aromatic N) is 1. The summed E-state index contributed by atoms with van der Waals surface area (Å²) in [4.78, 5) is 0. The van der Waals surface area contributed by atoms with Crippen molar-refractivity contribution in [1.29, 1.82) is 0 Å². The number of aromatic nitrogens is 2. The maximum atomic E-state index is 9.69. The molecule has 0 fully saturated rings. The standard InChI is InChI=1S/C14H13N3O2/c18-12-4-2-10(14(19)6-12)7-15-11-3-1-9-8-16-17-13(9)5-11/h1-6,8,15,18-19H,7H2,(H,16,17). The molecule has 19 heavy (non-hydrogen) atoms. The molecule has 0 atom stereocenters. The molecule has 0 aliphatic heterocycles. The van der Waals surface area contributed by atoms with Crippen molar-refractivity contribution < 1.29 is 10.2 Å². The molecule has 0 amide bonds. The van der Waals surface area contributed by atoms with Crippen molar-refractivity contribution in [2.75, 3.05) is 5.32 Å². The van der Waals surface area contributed by atoms with Crippen LogP contribution in [0.5, 0.6) is 11.5 Å². The van der Waals surface area contributed by atoms with Crippen LogP contribution in [-0.4, -0.2) is 20.4 Å². The van der Waals surface area contributed by atoms with Gasteiger partial charge in [-0.15, -0.1) is 0 Å². The molecule has 2 aromatic carbocycles. The normalized spacial score (nSPS) is 10.7. The largest absolute Gasteiger partial charge is 0.508 e. The molecule has 0 aliphatic rings. The predicted molar refractivity (Wildman–Crippen MR) is 73.2 cm³/mol. The van der Waals surface area contributed by atoms with Gasteiger partial charge in [0.05, 0.1) is 11.7 Å². The van der Waals surface area contributed by atoms with Crippen LogP contribution < -0.4 is 5.32 Å². The highest BCUT2D eigenvalue weighted by Gasteiger charge is 2.03. The molecule has 4 N–H and O–H groups in total. The summed E-state index contributed by atoms with van der Waals surface area (Å²) in [5, 5.41) is 30.1. The second kappa shape index (κ2) is 4.53. The molecular weight excluding hydrogens is 242 g/mol. The van der Waals surface area contributed by atoms with Crippen LogP contribution in [0.3, 0.4) is 0 Å². The third kappa shape index (κ3) is 2.30. The predicted octanol–water partition coefficient (Wildman–Crippen LogP) is 2.59. The van der Waals surface area contributed by atoms with Gasteiger partial charge < -0.3 is 15.5 Å². The highest BCUT2D eigenvalue weighted by molar-refractivity contribution is 5.81. The van der Waals surface area contributed by atoms with Gasteiger partial charge in [0.25, 0.3) is 0 Å². The van der Waals surface area contributed by atoms with Crippen LogP contribution in [0.1, 0.15) is 5.56 Å². The van der Waals surface area contributed by atoms with E-state index in [4.69, 9.17) is 0 Å². The molecule has 0 unspecified atom stereocenters. The molecule has 3 rings (SSSR count). The Morgan fingerprint density at radius 3 is 2.84 bits per heavy atom. The second-order valence-electron chi connectivity index (χ2n) is 4.34. The molecule has 0 spiro atoms. The SMILES string of the molecule is Oc1ccc(CNc2ccc3cn[nH]c3c2)c(O)c1. The Morgan fingerprint density at radius 1 is 1.11 bits per heavy atom. The maximum Gasteiger partial charge on any atom is 0.124 e. The van der Waals surface area contributed by atoms with Crippen LogP contribution in [0.2, 0.25) is 0 Å². The van der Waals surface area contributed by atoms with E-state index in [0.29, 0.717) is 6.54 Å². The molecule has 5 nitrogen and oxygen atoms in total. The Kier molecular flexibility index (Phi) is 2.72. The zero-order valence-electron chi connectivity index (χ0n) is 10.1. The Bertz CT molecular complexity index is 722. The minimum Gasteiger partial charge on any atom is -0.508 e. The summed E-state index contributed by atoms with van der Waals surface area (Å²) in [5.41, 5.74) is 2.62. The molecule has 0 aliphatic carbocycles. The van der Waals surface area contributed by atoms with Crippen LogP contribution >= 0.6 is 0 Å². The van der Waals surface area contributed by atoms with Gasteiger partial charge in [-0.2, -0.15) is 5.10 Å². The van der Waals surface area contributed by atoms with Crippen LogP contribution in [-0.2, 0) is 6.54 Å². The lowest BCUT2D eigenvalue weighted by molar-refractivity contribution is 0.446. The smallest absolute Gasteiger partial charge is 0.124 e. The first-order chi connectivity index (χ1) is 9.22. The molecular formula is C14H13N3O2. The van der Waals surface area contributed by atoms with Gasteiger partial charge in [0.1, 0.15) is 11.5 Å². The fourth-order valence-corrected chi connectivity index (χ4v) is 1.95. The number of rotatable bonds is 3. The molecule has 3 aromatic rings. The lowest BCUT2D eigenvalue weighted by atomic mass is 10.2. The molecule has 0 saturated carbocycles. The van der Waals surface area contributed by atoms with E-state index in [2.05, 4.69) is 15.5 Å². The van der Waals surface area contributed by atoms with Gasteiger partial charge in [-0.3, -0.25) is 5.10 Å². The first-order valence-electron chi connectivity index (χ1n) is 5.90. The molecule has 96 valence electrons. The fraction of sp³-hybridized carbons (Fsp3) is 0.0714. The lowest BCUT2D eigenvalue weighted by Crippen LogP contribution is -1.99. The van der Waals surface area contributed by atoms with Crippen LogP contribution in [0.4, 0.5) is 5.69 Å². The number of phenols is 2. The average Bonchev–Trinajstić information content (AvgIpc) is 2.85. The Balaban J connectivity index is 1.77. The number of fused-ring (bicyclic) bond motifs is 1. The average molecular weight is 255 g/mol. The summed E-state index contributed by atoms with van der Waals surface area (Å²) in [6.07, 6.45) is 1.77. The summed E-state index contributed by atoms with van der Waals surface area (Å²) >= 11 is 0. The number of nitrogens with one attached hydrogen (secondary N) is 2. The summed E-state index contributed by atoms with van der Waals surface area (Å²) < 4.78 is 0. The molecule has 1 aromatic heterocycles. The Hall–Kier alpha value is -2.69. The van der Waals surface area contributed by atoms with E-state index in [1.807, 2.05) is 18.2 Å². The van der Waals surface area contributed by atoms with Crippen molar-refractivity contribution in [3.8, 4) is 11.5 Å². The van der Waals surface area contributed by atoms with Gasteiger partial charge in [-0.1, -0.05) is 0 Å². The van der Waals surface area contributed by atoms with Crippen molar-refractivity contribution in [2.45, 2.75) is 6.54 Å². The minimum atomic E-state index is 0.0557. The van der Waals surface area contributed by atoms with E-state index < -0.39 is 0 Å². The fourth-order valence-electron chi connectivity index (χ4n) is 1.95. The monoisotopic (exact) mass is 255 g/mol. The zero-order chi connectivity index (χ0) is 13.2. The number of benzene rings is 2. The first-order valence-corrected chi connectivity index (χ1v) is 5.90. The molecule has 5 heteroatoms. The van der Waals surface area contributed by atoms with Crippen molar-refractivity contribution in [1.82, 2.24) is 10.2 Å². The Labute approximate surface area is 109 Å². The van der Waals surface area contributed by atoms with Gasteiger partial charge in [0, 0.05) is 29.2 Å². The topological polar surface area (TPSA) is 81.2 Å².